The van der Waals surface area contributed by atoms with Crippen LogP contribution in [0.5, 0.6) is 0 Å². The van der Waals surface area contributed by atoms with Crippen molar-refractivity contribution in [2.75, 3.05) is 13.1 Å². The summed E-state index contributed by atoms with van der Waals surface area (Å²) >= 11 is 0. The molecule has 13 heavy (non-hydrogen) atoms. The van der Waals surface area contributed by atoms with Crippen LogP contribution in [0.15, 0.2) is 0 Å². The first-order chi connectivity index (χ1) is 6.33. The molecule has 0 amide bonds. The van der Waals surface area contributed by atoms with Crippen molar-refractivity contribution in [1.82, 2.24) is 4.90 Å². The summed E-state index contributed by atoms with van der Waals surface area (Å²) in [5.41, 5.74) is 5.81. The molecule has 2 heteroatoms. The van der Waals surface area contributed by atoms with Crippen LogP contribution < -0.4 is 5.73 Å². The van der Waals surface area contributed by atoms with Crippen LogP contribution in [0.3, 0.4) is 0 Å². The van der Waals surface area contributed by atoms with E-state index in [2.05, 4.69) is 18.7 Å². The SMILES string of the molecule is CCCC(CN)N(CCC)C1CC1. The molecule has 0 radical (unpaired) electrons. The summed E-state index contributed by atoms with van der Waals surface area (Å²) in [5, 5.41) is 0. The molecule has 0 aromatic carbocycles. The van der Waals surface area contributed by atoms with Crippen LogP contribution in [0, 0.1) is 0 Å². The van der Waals surface area contributed by atoms with Crippen molar-refractivity contribution < 1.29 is 0 Å². The highest BCUT2D eigenvalue weighted by Gasteiger charge is 2.32. The van der Waals surface area contributed by atoms with Crippen LogP contribution in [0.4, 0.5) is 0 Å². The van der Waals surface area contributed by atoms with E-state index in [0.29, 0.717) is 6.04 Å². The van der Waals surface area contributed by atoms with Crippen molar-refractivity contribution in [3.8, 4) is 0 Å². The Morgan fingerprint density at radius 1 is 1.31 bits per heavy atom. The third-order valence-corrected chi connectivity index (χ3v) is 2.86. The van der Waals surface area contributed by atoms with E-state index in [4.69, 9.17) is 5.73 Å². The van der Waals surface area contributed by atoms with Gasteiger partial charge in [0.2, 0.25) is 0 Å². The molecule has 0 spiro atoms. The van der Waals surface area contributed by atoms with Gasteiger partial charge in [-0.25, -0.2) is 0 Å². The summed E-state index contributed by atoms with van der Waals surface area (Å²) < 4.78 is 0. The van der Waals surface area contributed by atoms with E-state index in [1.54, 1.807) is 0 Å². The van der Waals surface area contributed by atoms with Crippen molar-refractivity contribution in [2.24, 2.45) is 5.73 Å². The Hall–Kier alpha value is -0.0800. The zero-order chi connectivity index (χ0) is 9.68. The van der Waals surface area contributed by atoms with Crippen LogP contribution in [0.25, 0.3) is 0 Å². The van der Waals surface area contributed by atoms with Gasteiger partial charge in [-0.05, 0) is 32.2 Å². The van der Waals surface area contributed by atoms with Crippen molar-refractivity contribution in [3.05, 3.63) is 0 Å². The number of hydrogen-bond donors (Lipinski definition) is 1. The van der Waals surface area contributed by atoms with Crippen molar-refractivity contribution in [1.29, 1.82) is 0 Å². The quantitative estimate of drug-likeness (QED) is 0.655. The summed E-state index contributed by atoms with van der Waals surface area (Å²) in [7, 11) is 0. The lowest BCUT2D eigenvalue weighted by Gasteiger charge is -2.30. The predicted octanol–water partition coefficient (Wildman–Crippen LogP) is 1.99. The minimum Gasteiger partial charge on any atom is -0.329 e. The van der Waals surface area contributed by atoms with E-state index in [-0.39, 0.29) is 0 Å². The second-order valence-corrected chi connectivity index (χ2v) is 4.15. The molecule has 1 atom stereocenters. The molecule has 1 fully saturated rings. The molecular formula is C11H24N2. The molecule has 78 valence electrons. The fraction of sp³-hybridized carbons (Fsp3) is 1.00. The van der Waals surface area contributed by atoms with Crippen LogP contribution >= 0.6 is 0 Å². The first-order valence-corrected chi connectivity index (χ1v) is 5.79. The summed E-state index contributed by atoms with van der Waals surface area (Å²) in [6.45, 7) is 6.59. The average Bonchev–Trinajstić information content (AvgIpc) is 2.94. The standard InChI is InChI=1S/C11H24N2/c1-3-5-11(9-12)13(8-4-2)10-6-7-10/h10-11H,3-9,12H2,1-2H3. The first-order valence-electron chi connectivity index (χ1n) is 5.79. The van der Waals surface area contributed by atoms with E-state index in [1.165, 1.54) is 38.6 Å². The molecule has 0 saturated heterocycles. The maximum atomic E-state index is 5.81. The fourth-order valence-corrected chi connectivity index (χ4v) is 2.08. The van der Waals surface area contributed by atoms with Gasteiger partial charge in [-0.1, -0.05) is 20.3 Å². The summed E-state index contributed by atoms with van der Waals surface area (Å²) in [6, 6.07) is 1.53. The average molecular weight is 184 g/mol. The Bertz CT molecular complexity index is 132. The van der Waals surface area contributed by atoms with Gasteiger partial charge in [0, 0.05) is 18.6 Å². The molecule has 1 saturated carbocycles. The second kappa shape index (κ2) is 5.61. The highest BCUT2D eigenvalue weighted by Crippen LogP contribution is 2.29. The zero-order valence-corrected chi connectivity index (χ0v) is 9.13. The van der Waals surface area contributed by atoms with Gasteiger partial charge in [0.25, 0.3) is 0 Å². The Kier molecular flexibility index (Phi) is 4.74. The summed E-state index contributed by atoms with van der Waals surface area (Å²) in [6.07, 6.45) is 6.60. The molecule has 0 aliphatic heterocycles. The highest BCUT2D eigenvalue weighted by molar-refractivity contribution is 4.88. The smallest absolute Gasteiger partial charge is 0.0221 e. The number of nitrogens with two attached hydrogens (primary N) is 1. The van der Waals surface area contributed by atoms with Gasteiger partial charge in [0.1, 0.15) is 0 Å². The Morgan fingerprint density at radius 3 is 2.38 bits per heavy atom. The van der Waals surface area contributed by atoms with Gasteiger partial charge in [-0.15, -0.1) is 0 Å². The Morgan fingerprint density at radius 2 is 2.00 bits per heavy atom. The van der Waals surface area contributed by atoms with Gasteiger partial charge in [0.05, 0.1) is 0 Å². The van der Waals surface area contributed by atoms with Crippen LogP contribution in [0.1, 0.15) is 46.0 Å². The second-order valence-electron chi connectivity index (χ2n) is 4.15. The van der Waals surface area contributed by atoms with Gasteiger partial charge in [-0.3, -0.25) is 4.90 Å². The molecular weight excluding hydrogens is 160 g/mol. The summed E-state index contributed by atoms with van der Waals surface area (Å²) in [5.74, 6) is 0. The predicted molar refractivity (Wildman–Crippen MR) is 57.8 cm³/mol. The van der Waals surface area contributed by atoms with Crippen LogP contribution in [-0.4, -0.2) is 30.1 Å². The first kappa shape index (κ1) is 11.0. The molecule has 0 heterocycles. The lowest BCUT2D eigenvalue weighted by atomic mass is 10.1. The van der Waals surface area contributed by atoms with Gasteiger partial charge < -0.3 is 5.73 Å². The third-order valence-electron chi connectivity index (χ3n) is 2.86. The van der Waals surface area contributed by atoms with E-state index in [9.17, 15) is 0 Å². The molecule has 0 bridgehead atoms. The van der Waals surface area contributed by atoms with E-state index in [1.807, 2.05) is 0 Å². The topological polar surface area (TPSA) is 29.3 Å². The largest absolute Gasteiger partial charge is 0.329 e. The Balaban J connectivity index is 2.38. The van der Waals surface area contributed by atoms with Gasteiger partial charge in [-0.2, -0.15) is 0 Å². The number of hydrogen-bond acceptors (Lipinski definition) is 2. The third kappa shape index (κ3) is 3.28. The molecule has 1 aliphatic rings. The summed E-state index contributed by atoms with van der Waals surface area (Å²) in [4.78, 5) is 2.64. The molecule has 0 aromatic rings. The van der Waals surface area contributed by atoms with E-state index < -0.39 is 0 Å². The number of nitrogens with zero attached hydrogens (tertiary/aromatic N) is 1. The highest BCUT2D eigenvalue weighted by atomic mass is 15.2. The van der Waals surface area contributed by atoms with Gasteiger partial charge in [0.15, 0.2) is 0 Å². The lowest BCUT2D eigenvalue weighted by Crippen LogP contribution is -2.42. The minimum absolute atomic E-state index is 0.650. The van der Waals surface area contributed by atoms with Crippen molar-refractivity contribution in [3.63, 3.8) is 0 Å². The normalized spacial score (nSPS) is 19.4. The van der Waals surface area contributed by atoms with E-state index >= 15 is 0 Å². The fourth-order valence-electron chi connectivity index (χ4n) is 2.08. The maximum Gasteiger partial charge on any atom is 0.0221 e. The number of rotatable bonds is 7. The molecule has 2 nitrogen and oxygen atoms in total. The molecule has 0 aromatic heterocycles. The maximum absolute atomic E-state index is 5.81. The van der Waals surface area contributed by atoms with Gasteiger partial charge >= 0.3 is 0 Å². The monoisotopic (exact) mass is 184 g/mol. The van der Waals surface area contributed by atoms with Crippen LogP contribution in [0.2, 0.25) is 0 Å². The lowest BCUT2D eigenvalue weighted by molar-refractivity contribution is 0.180. The molecule has 1 rings (SSSR count). The molecule has 2 N–H and O–H groups in total. The van der Waals surface area contributed by atoms with Crippen LogP contribution in [-0.2, 0) is 0 Å². The zero-order valence-electron chi connectivity index (χ0n) is 9.13. The minimum atomic E-state index is 0.650. The molecule has 1 aliphatic carbocycles. The van der Waals surface area contributed by atoms with E-state index in [0.717, 1.165) is 12.6 Å². The van der Waals surface area contributed by atoms with Crippen molar-refractivity contribution >= 4 is 0 Å². The Labute approximate surface area is 82.5 Å². The molecule has 1 unspecified atom stereocenters. The van der Waals surface area contributed by atoms with Crippen molar-refractivity contribution in [2.45, 2.75) is 58.0 Å².